The first-order valence-corrected chi connectivity index (χ1v) is 10.6. The summed E-state index contributed by atoms with van der Waals surface area (Å²) in [5, 5.41) is 13.0. The van der Waals surface area contributed by atoms with E-state index in [9.17, 15) is 19.1 Å². The van der Waals surface area contributed by atoms with Crippen molar-refractivity contribution in [1.29, 1.82) is 0 Å². The second-order valence-electron chi connectivity index (χ2n) is 8.76. The van der Waals surface area contributed by atoms with Crippen LogP contribution in [0.1, 0.15) is 50.8 Å². The Morgan fingerprint density at radius 2 is 1.88 bits per heavy atom. The van der Waals surface area contributed by atoms with Gasteiger partial charge in [-0.15, -0.1) is 0 Å². The molecule has 0 aliphatic rings. The van der Waals surface area contributed by atoms with Crippen molar-refractivity contribution in [2.45, 2.75) is 52.7 Å². The first-order valence-electron chi connectivity index (χ1n) is 10.6. The number of halogens is 1. The summed E-state index contributed by atoms with van der Waals surface area (Å²) in [6.45, 7) is 8.78. The summed E-state index contributed by atoms with van der Waals surface area (Å²) in [5.74, 6) is -0.656. The number of hydrogen-bond acceptors (Lipinski definition) is 4. The number of fused-ring (bicyclic) bond motifs is 1. The second-order valence-corrected chi connectivity index (χ2v) is 8.76. The maximum atomic E-state index is 13.7. The Kier molecular flexibility index (Phi) is 6.46. The van der Waals surface area contributed by atoms with Crippen LogP contribution in [0.4, 0.5) is 4.39 Å². The molecule has 2 N–H and O–H groups in total. The Bertz CT molecular complexity index is 1200. The molecule has 0 radical (unpaired) electrons. The van der Waals surface area contributed by atoms with Gasteiger partial charge in [-0.3, -0.25) is 14.2 Å². The molecule has 0 fully saturated rings. The lowest BCUT2D eigenvalue weighted by molar-refractivity contribution is 0.0687. The first kappa shape index (κ1) is 23.5. The fourth-order valence-corrected chi connectivity index (χ4v) is 3.64. The number of aliphatic hydroxyl groups is 1. The molecular weight excluding hydrogens is 413 g/mol. The average Bonchev–Trinajstić information content (AvgIpc) is 2.97. The van der Waals surface area contributed by atoms with E-state index in [2.05, 4.69) is 5.32 Å². The van der Waals surface area contributed by atoms with Crippen molar-refractivity contribution in [3.8, 4) is 11.4 Å². The van der Waals surface area contributed by atoms with E-state index in [1.54, 1.807) is 37.6 Å². The number of pyridine rings is 1. The third kappa shape index (κ3) is 4.55. The SMILES string of the molecule is CCc1cc2c(c(OC(C)C)c(C(=O)NCC(C)(C)O)n2C)c(=O)n1-c1ccc(F)cc1. The maximum absolute atomic E-state index is 13.7. The van der Waals surface area contributed by atoms with Gasteiger partial charge >= 0.3 is 0 Å². The molecule has 0 aliphatic carbocycles. The van der Waals surface area contributed by atoms with Crippen LogP contribution in [-0.2, 0) is 13.5 Å². The highest BCUT2D eigenvalue weighted by atomic mass is 19.1. The van der Waals surface area contributed by atoms with Crippen molar-refractivity contribution in [3.63, 3.8) is 0 Å². The Morgan fingerprint density at radius 1 is 1.25 bits per heavy atom. The van der Waals surface area contributed by atoms with Crippen LogP contribution in [0.3, 0.4) is 0 Å². The van der Waals surface area contributed by atoms with Crippen molar-refractivity contribution < 1.29 is 19.0 Å². The van der Waals surface area contributed by atoms with Crippen LogP contribution in [0.5, 0.6) is 5.75 Å². The summed E-state index contributed by atoms with van der Waals surface area (Å²) in [5.41, 5.74) is 0.572. The predicted octanol–water partition coefficient (Wildman–Crippen LogP) is 3.32. The zero-order chi connectivity index (χ0) is 23.8. The largest absolute Gasteiger partial charge is 0.488 e. The minimum atomic E-state index is -1.09. The molecule has 1 amide bonds. The van der Waals surface area contributed by atoms with Gasteiger partial charge in [-0.25, -0.2) is 4.39 Å². The van der Waals surface area contributed by atoms with Crippen LogP contribution in [-0.4, -0.2) is 38.4 Å². The molecule has 0 atom stereocenters. The Balaban J connectivity index is 2.31. The lowest BCUT2D eigenvalue weighted by Gasteiger charge is -2.18. The molecule has 0 bridgehead atoms. The number of aryl methyl sites for hydroxylation is 2. The predicted molar refractivity (Wildman–Crippen MR) is 122 cm³/mol. The summed E-state index contributed by atoms with van der Waals surface area (Å²) >= 11 is 0. The number of aromatic nitrogens is 2. The molecule has 0 spiro atoms. The van der Waals surface area contributed by atoms with Crippen molar-refractivity contribution in [1.82, 2.24) is 14.5 Å². The van der Waals surface area contributed by atoms with Crippen LogP contribution >= 0.6 is 0 Å². The van der Waals surface area contributed by atoms with Gasteiger partial charge < -0.3 is 19.7 Å². The van der Waals surface area contributed by atoms with E-state index in [1.165, 1.54) is 16.7 Å². The Hall–Kier alpha value is -3.13. The Morgan fingerprint density at radius 3 is 2.41 bits per heavy atom. The molecule has 0 saturated heterocycles. The minimum absolute atomic E-state index is 0.0362. The molecule has 3 rings (SSSR count). The van der Waals surface area contributed by atoms with Gasteiger partial charge in [0, 0.05) is 25.0 Å². The van der Waals surface area contributed by atoms with Gasteiger partial charge in [-0.2, -0.15) is 0 Å². The normalized spacial score (nSPS) is 11.9. The number of amides is 1. The number of nitrogens with one attached hydrogen (secondary N) is 1. The van der Waals surface area contributed by atoms with Crippen LogP contribution in [0, 0.1) is 5.82 Å². The number of ether oxygens (including phenoxy) is 1. The van der Waals surface area contributed by atoms with Crippen molar-refractivity contribution in [2.24, 2.45) is 7.05 Å². The number of nitrogens with zero attached hydrogens (tertiary/aromatic N) is 2. The smallest absolute Gasteiger partial charge is 0.271 e. The monoisotopic (exact) mass is 443 g/mol. The Labute approximate surface area is 186 Å². The third-order valence-electron chi connectivity index (χ3n) is 5.10. The molecule has 172 valence electrons. The van der Waals surface area contributed by atoms with Crippen molar-refractivity contribution in [3.05, 3.63) is 57.9 Å². The van der Waals surface area contributed by atoms with Crippen LogP contribution < -0.4 is 15.6 Å². The zero-order valence-electron chi connectivity index (χ0n) is 19.3. The summed E-state index contributed by atoms with van der Waals surface area (Å²) in [6.07, 6.45) is 0.264. The summed E-state index contributed by atoms with van der Waals surface area (Å²) in [4.78, 5) is 26.8. The molecule has 2 aromatic heterocycles. The van der Waals surface area contributed by atoms with Gasteiger partial charge in [0.2, 0.25) is 0 Å². The van der Waals surface area contributed by atoms with Gasteiger partial charge in [0.1, 0.15) is 11.2 Å². The highest BCUT2D eigenvalue weighted by molar-refractivity contribution is 6.04. The first-order chi connectivity index (χ1) is 14.9. The van der Waals surface area contributed by atoms with E-state index in [0.717, 1.165) is 0 Å². The van der Waals surface area contributed by atoms with Crippen molar-refractivity contribution in [2.75, 3.05) is 6.54 Å². The summed E-state index contributed by atoms with van der Waals surface area (Å²) in [6, 6.07) is 7.55. The van der Waals surface area contributed by atoms with Gasteiger partial charge in [0.15, 0.2) is 11.4 Å². The molecule has 1 aromatic carbocycles. The van der Waals surface area contributed by atoms with Crippen LogP contribution in [0.25, 0.3) is 16.6 Å². The summed E-state index contributed by atoms with van der Waals surface area (Å²) < 4.78 is 22.6. The van der Waals surface area contributed by atoms with E-state index < -0.39 is 17.3 Å². The van der Waals surface area contributed by atoms with Gasteiger partial charge in [0.05, 0.1) is 17.2 Å². The fourth-order valence-electron chi connectivity index (χ4n) is 3.64. The van der Waals surface area contributed by atoms with Gasteiger partial charge in [-0.1, -0.05) is 6.92 Å². The second kappa shape index (κ2) is 8.78. The van der Waals surface area contributed by atoms with Gasteiger partial charge in [-0.05, 0) is 64.4 Å². The quantitative estimate of drug-likeness (QED) is 0.587. The van der Waals surface area contributed by atoms with Crippen LogP contribution in [0.15, 0.2) is 35.1 Å². The molecule has 0 unspecified atom stereocenters. The molecule has 2 heterocycles. The molecule has 3 aromatic rings. The number of carbonyl (C=O) groups excluding carboxylic acids is 1. The number of carbonyl (C=O) groups is 1. The molecule has 32 heavy (non-hydrogen) atoms. The lowest BCUT2D eigenvalue weighted by atomic mass is 10.1. The molecular formula is C24H30FN3O4. The highest BCUT2D eigenvalue weighted by Gasteiger charge is 2.28. The van der Waals surface area contributed by atoms with E-state index in [4.69, 9.17) is 4.74 Å². The minimum Gasteiger partial charge on any atom is -0.488 e. The highest BCUT2D eigenvalue weighted by Crippen LogP contribution is 2.32. The number of rotatable bonds is 7. The van der Waals surface area contributed by atoms with Crippen LogP contribution in [0.2, 0.25) is 0 Å². The van der Waals surface area contributed by atoms with E-state index >= 15 is 0 Å². The number of benzene rings is 1. The zero-order valence-corrected chi connectivity index (χ0v) is 19.3. The average molecular weight is 444 g/mol. The molecule has 0 aliphatic heterocycles. The van der Waals surface area contributed by atoms with E-state index in [0.29, 0.717) is 23.3 Å². The standard InChI is InChI=1S/C24H30FN3O4/c1-7-16-12-18-19(23(30)28(16)17-10-8-15(25)9-11-17)21(32-14(2)3)20(27(18)6)22(29)26-13-24(4,5)31/h8-12,14,31H,7,13H2,1-6H3,(H,26,29). The van der Waals surface area contributed by atoms with Gasteiger partial charge in [0.25, 0.3) is 11.5 Å². The van der Waals surface area contributed by atoms with Crippen molar-refractivity contribution >= 4 is 16.8 Å². The fraction of sp³-hybridized carbons (Fsp3) is 0.417. The number of hydrogen-bond donors (Lipinski definition) is 2. The summed E-state index contributed by atoms with van der Waals surface area (Å²) in [7, 11) is 1.70. The topological polar surface area (TPSA) is 85.5 Å². The third-order valence-corrected chi connectivity index (χ3v) is 5.10. The molecule has 0 saturated carbocycles. The van der Waals surface area contributed by atoms with E-state index in [1.807, 2.05) is 26.8 Å². The lowest BCUT2D eigenvalue weighted by Crippen LogP contribution is -2.39. The molecule has 8 heteroatoms. The van der Waals surface area contributed by atoms with E-state index in [-0.39, 0.29) is 35.0 Å². The maximum Gasteiger partial charge on any atom is 0.271 e. The molecule has 7 nitrogen and oxygen atoms in total.